The fraction of sp³-hybridized carbons (Fsp3) is 0.267. The van der Waals surface area contributed by atoms with E-state index in [0.29, 0.717) is 10.9 Å². The Kier molecular flexibility index (Phi) is 4.97. The lowest BCUT2D eigenvalue weighted by molar-refractivity contribution is 0.0943. The van der Waals surface area contributed by atoms with Crippen molar-refractivity contribution in [2.45, 2.75) is 16.6 Å². The maximum absolute atomic E-state index is 13.3. The van der Waals surface area contributed by atoms with Crippen LogP contribution in [0.3, 0.4) is 0 Å². The molecule has 0 heterocycles. The fourth-order valence-electron chi connectivity index (χ4n) is 2.21. The maximum Gasteiger partial charge on any atom is 0.175 e. The van der Waals surface area contributed by atoms with E-state index < -0.39 is 33.2 Å². The molecule has 7 heteroatoms. The molecule has 0 N–H and O–H groups in total. The number of carbonyl (C=O) groups excluding carboxylic acids is 1. The van der Waals surface area contributed by atoms with Gasteiger partial charge < -0.3 is 0 Å². The average Bonchev–Trinajstić information content (AvgIpc) is 2.47. The highest BCUT2D eigenvalue weighted by Gasteiger charge is 2.24. The Morgan fingerprint density at radius 2 is 2.00 bits per heavy atom. The SMILES string of the molecule is CS(=O)(=O)c1cc(C(=O)C2C=C(F)C(F)=CC2)ccc1CBr. The molecular formula is C15H13BrF2O3S. The van der Waals surface area contributed by atoms with E-state index >= 15 is 0 Å². The Balaban J connectivity index is 2.40. The summed E-state index contributed by atoms with van der Waals surface area (Å²) in [7, 11) is -3.50. The van der Waals surface area contributed by atoms with E-state index in [2.05, 4.69) is 15.9 Å². The number of ketones is 1. The fourth-order valence-corrected chi connectivity index (χ4v) is 3.84. The zero-order chi connectivity index (χ0) is 16.5. The molecule has 22 heavy (non-hydrogen) atoms. The zero-order valence-electron chi connectivity index (χ0n) is 11.6. The molecule has 0 aliphatic heterocycles. The second kappa shape index (κ2) is 6.42. The van der Waals surface area contributed by atoms with Gasteiger partial charge in [0.2, 0.25) is 0 Å². The molecule has 0 saturated carbocycles. The zero-order valence-corrected chi connectivity index (χ0v) is 14.0. The Morgan fingerprint density at radius 1 is 1.32 bits per heavy atom. The smallest absolute Gasteiger partial charge is 0.175 e. The van der Waals surface area contributed by atoms with Crippen molar-refractivity contribution >= 4 is 31.6 Å². The quantitative estimate of drug-likeness (QED) is 0.578. The Labute approximate surface area is 135 Å². The van der Waals surface area contributed by atoms with Crippen LogP contribution in [0.2, 0.25) is 0 Å². The predicted octanol–water partition coefficient (Wildman–Crippen LogP) is 3.89. The summed E-state index contributed by atoms with van der Waals surface area (Å²) in [6.45, 7) is 0. The molecule has 0 amide bonds. The summed E-state index contributed by atoms with van der Waals surface area (Å²) in [4.78, 5) is 12.4. The second-order valence-corrected chi connectivity index (χ2v) is 7.55. The lowest BCUT2D eigenvalue weighted by Crippen LogP contribution is -2.15. The minimum Gasteiger partial charge on any atom is -0.294 e. The van der Waals surface area contributed by atoms with Gasteiger partial charge in [0.1, 0.15) is 0 Å². The molecule has 1 unspecified atom stereocenters. The molecule has 1 aliphatic carbocycles. The lowest BCUT2D eigenvalue weighted by atomic mass is 9.91. The number of hydrogen-bond donors (Lipinski definition) is 0. The third kappa shape index (κ3) is 3.52. The van der Waals surface area contributed by atoms with Crippen LogP contribution in [0.5, 0.6) is 0 Å². The number of halogens is 3. The van der Waals surface area contributed by atoms with Crippen LogP contribution in [0.15, 0.2) is 46.9 Å². The first-order valence-electron chi connectivity index (χ1n) is 6.40. The number of allylic oxidation sites excluding steroid dienone is 4. The number of alkyl halides is 1. The standard InChI is InChI=1S/C15H13BrF2O3S/c1-22(20,21)14-7-10(2-3-11(14)8-16)15(19)9-4-5-12(17)13(18)6-9/h2-3,5-7,9H,4,8H2,1H3. The van der Waals surface area contributed by atoms with Gasteiger partial charge in [-0.25, -0.2) is 17.2 Å². The van der Waals surface area contributed by atoms with Crippen molar-refractivity contribution in [3.63, 3.8) is 0 Å². The van der Waals surface area contributed by atoms with Crippen molar-refractivity contribution in [2.24, 2.45) is 5.92 Å². The van der Waals surface area contributed by atoms with Crippen molar-refractivity contribution in [1.29, 1.82) is 0 Å². The van der Waals surface area contributed by atoms with Crippen LogP contribution in [-0.2, 0) is 15.2 Å². The van der Waals surface area contributed by atoms with Gasteiger partial charge in [0.15, 0.2) is 27.3 Å². The average molecular weight is 391 g/mol. The third-order valence-electron chi connectivity index (χ3n) is 3.36. The van der Waals surface area contributed by atoms with Crippen LogP contribution in [0.1, 0.15) is 22.3 Å². The molecule has 0 saturated heterocycles. The number of hydrogen-bond acceptors (Lipinski definition) is 3. The summed E-state index contributed by atoms with van der Waals surface area (Å²) >= 11 is 3.20. The highest BCUT2D eigenvalue weighted by molar-refractivity contribution is 9.08. The van der Waals surface area contributed by atoms with E-state index in [-0.39, 0.29) is 16.9 Å². The van der Waals surface area contributed by atoms with Crippen molar-refractivity contribution in [3.05, 3.63) is 53.1 Å². The molecule has 0 aromatic heterocycles. The van der Waals surface area contributed by atoms with Crippen LogP contribution in [0, 0.1) is 5.92 Å². The van der Waals surface area contributed by atoms with E-state index in [9.17, 15) is 22.0 Å². The number of Topliss-reactive ketones (excluding diaryl/α,β-unsaturated/α-hetero) is 1. The van der Waals surface area contributed by atoms with E-state index in [0.717, 1.165) is 18.4 Å². The first-order chi connectivity index (χ1) is 10.2. The highest BCUT2D eigenvalue weighted by Crippen LogP contribution is 2.28. The molecule has 2 rings (SSSR count). The molecule has 118 valence electrons. The van der Waals surface area contributed by atoms with Gasteiger partial charge in [-0.2, -0.15) is 0 Å². The first-order valence-corrected chi connectivity index (χ1v) is 9.42. The molecule has 1 aromatic carbocycles. The summed E-state index contributed by atoms with van der Waals surface area (Å²) in [5, 5.41) is 0.329. The maximum atomic E-state index is 13.3. The van der Waals surface area contributed by atoms with Crippen LogP contribution < -0.4 is 0 Å². The lowest BCUT2D eigenvalue weighted by Gasteiger charge is -2.15. The van der Waals surface area contributed by atoms with Crippen molar-refractivity contribution in [1.82, 2.24) is 0 Å². The van der Waals surface area contributed by atoms with Gasteiger partial charge in [-0.3, -0.25) is 4.79 Å². The normalized spacial score (nSPS) is 18.6. The predicted molar refractivity (Wildman–Crippen MR) is 83.0 cm³/mol. The Hall–Kier alpha value is -1.34. The molecule has 1 atom stereocenters. The van der Waals surface area contributed by atoms with E-state index in [1.165, 1.54) is 18.2 Å². The molecule has 3 nitrogen and oxygen atoms in total. The first kappa shape index (κ1) is 17.0. The Bertz CT molecular complexity index is 782. The number of carbonyl (C=O) groups is 1. The molecule has 0 bridgehead atoms. The molecular weight excluding hydrogens is 378 g/mol. The summed E-state index contributed by atoms with van der Waals surface area (Å²) in [5.41, 5.74) is 0.699. The van der Waals surface area contributed by atoms with Gasteiger partial charge in [0.25, 0.3) is 0 Å². The van der Waals surface area contributed by atoms with Gasteiger partial charge in [0.05, 0.1) is 4.90 Å². The second-order valence-electron chi connectivity index (χ2n) is 5.00. The van der Waals surface area contributed by atoms with Crippen LogP contribution in [0.25, 0.3) is 0 Å². The summed E-state index contributed by atoms with van der Waals surface area (Å²) in [5.74, 6) is -3.31. The van der Waals surface area contributed by atoms with E-state index in [1.807, 2.05) is 0 Å². The third-order valence-corrected chi connectivity index (χ3v) is 5.14. The van der Waals surface area contributed by atoms with Gasteiger partial charge in [-0.05, 0) is 30.2 Å². The number of rotatable bonds is 4. The van der Waals surface area contributed by atoms with E-state index in [4.69, 9.17) is 0 Å². The minimum absolute atomic E-state index is 0.0481. The minimum atomic E-state index is -3.50. The summed E-state index contributed by atoms with van der Waals surface area (Å²) < 4.78 is 49.8. The van der Waals surface area contributed by atoms with Crippen LogP contribution >= 0.6 is 15.9 Å². The van der Waals surface area contributed by atoms with E-state index in [1.54, 1.807) is 0 Å². The molecule has 0 spiro atoms. The highest BCUT2D eigenvalue weighted by atomic mass is 79.9. The van der Waals surface area contributed by atoms with Crippen molar-refractivity contribution in [3.8, 4) is 0 Å². The van der Waals surface area contributed by atoms with Crippen LogP contribution in [0.4, 0.5) is 8.78 Å². The summed E-state index contributed by atoms with van der Waals surface area (Å²) in [6, 6.07) is 4.32. The molecule has 1 aromatic rings. The van der Waals surface area contributed by atoms with Crippen molar-refractivity contribution in [2.75, 3.05) is 6.26 Å². The van der Waals surface area contributed by atoms with Crippen molar-refractivity contribution < 1.29 is 22.0 Å². The van der Waals surface area contributed by atoms with Crippen LogP contribution in [-0.4, -0.2) is 20.5 Å². The summed E-state index contributed by atoms with van der Waals surface area (Å²) in [6.07, 6.45) is 3.05. The molecule has 0 fully saturated rings. The number of benzene rings is 1. The van der Waals surface area contributed by atoms with Gasteiger partial charge in [-0.15, -0.1) is 0 Å². The largest absolute Gasteiger partial charge is 0.294 e. The van der Waals surface area contributed by atoms with Gasteiger partial charge in [-0.1, -0.05) is 28.1 Å². The monoisotopic (exact) mass is 390 g/mol. The number of sulfone groups is 1. The van der Waals surface area contributed by atoms with Gasteiger partial charge >= 0.3 is 0 Å². The van der Waals surface area contributed by atoms with Gasteiger partial charge in [0, 0.05) is 23.1 Å². The Morgan fingerprint density at radius 3 is 2.55 bits per heavy atom. The topological polar surface area (TPSA) is 51.2 Å². The molecule has 1 aliphatic rings. The molecule has 0 radical (unpaired) electrons.